The minimum absolute atomic E-state index is 0.251. The molecule has 0 aliphatic carbocycles. The average Bonchev–Trinajstić information content (AvgIpc) is 3.14. The lowest BCUT2D eigenvalue weighted by Gasteiger charge is -2.14. The molecule has 4 nitrogen and oxygen atoms in total. The van der Waals surface area contributed by atoms with E-state index in [2.05, 4.69) is 47.3 Å². The molecule has 4 heteroatoms. The Balaban J connectivity index is 1.75. The molecule has 3 heterocycles. The van der Waals surface area contributed by atoms with Crippen LogP contribution in [0.1, 0.15) is 37.1 Å². The molecule has 4 rings (SSSR count). The summed E-state index contributed by atoms with van der Waals surface area (Å²) in [5, 5.41) is 3.66. The number of rotatable bonds is 4. The number of hydrogen-bond donors (Lipinski definition) is 1. The zero-order chi connectivity index (χ0) is 13.5. The molecule has 0 bridgehead atoms. The average molecular weight is 270 g/mol. The fourth-order valence-electron chi connectivity index (χ4n) is 3.03. The number of fused-ring (bicyclic) bond motifs is 4. The molecule has 0 saturated carbocycles. The Morgan fingerprint density at radius 1 is 1.30 bits per heavy atom. The number of aromatic nitrogens is 1. The molecule has 1 aromatic carbocycles. The van der Waals surface area contributed by atoms with E-state index < -0.39 is 0 Å². The van der Waals surface area contributed by atoms with Gasteiger partial charge in [0.1, 0.15) is 0 Å². The Labute approximate surface area is 118 Å². The van der Waals surface area contributed by atoms with Gasteiger partial charge in [-0.3, -0.25) is 0 Å². The quantitative estimate of drug-likeness (QED) is 0.867. The van der Waals surface area contributed by atoms with Crippen LogP contribution in [-0.4, -0.2) is 17.9 Å². The second-order valence-corrected chi connectivity index (χ2v) is 5.31. The number of ether oxygens (including phenoxy) is 2. The first-order valence-electron chi connectivity index (χ1n) is 7.23. The summed E-state index contributed by atoms with van der Waals surface area (Å²) in [4.78, 5) is 0. The van der Waals surface area contributed by atoms with E-state index in [1.165, 1.54) is 29.8 Å². The van der Waals surface area contributed by atoms with E-state index in [-0.39, 0.29) is 6.04 Å². The highest BCUT2D eigenvalue weighted by atomic mass is 16.7. The Hall–Kier alpha value is -1.94. The van der Waals surface area contributed by atoms with Gasteiger partial charge in [0.2, 0.25) is 6.79 Å². The minimum Gasteiger partial charge on any atom is -0.454 e. The summed E-state index contributed by atoms with van der Waals surface area (Å²) in [6.07, 6.45) is 4.50. The van der Waals surface area contributed by atoms with Crippen LogP contribution in [0.15, 0.2) is 30.5 Å². The molecular weight excluding hydrogens is 252 g/mol. The van der Waals surface area contributed by atoms with E-state index in [1.807, 2.05) is 0 Å². The van der Waals surface area contributed by atoms with Gasteiger partial charge < -0.3 is 19.4 Å². The van der Waals surface area contributed by atoms with E-state index >= 15 is 0 Å². The SMILES string of the molecule is CCCCNC1c2cc3c(cc2-n2cccc21)OCO3. The molecule has 1 unspecified atom stereocenters. The third-order valence-corrected chi connectivity index (χ3v) is 4.05. The van der Waals surface area contributed by atoms with Crippen molar-refractivity contribution in [3.8, 4) is 17.2 Å². The lowest BCUT2D eigenvalue weighted by atomic mass is 10.0. The summed E-state index contributed by atoms with van der Waals surface area (Å²) >= 11 is 0. The van der Waals surface area contributed by atoms with Crippen molar-refractivity contribution in [3.63, 3.8) is 0 Å². The second-order valence-electron chi connectivity index (χ2n) is 5.31. The Kier molecular flexibility index (Phi) is 2.70. The number of hydrogen-bond acceptors (Lipinski definition) is 3. The largest absolute Gasteiger partial charge is 0.454 e. The highest BCUT2D eigenvalue weighted by Crippen LogP contribution is 2.44. The molecule has 0 saturated heterocycles. The monoisotopic (exact) mass is 270 g/mol. The highest BCUT2D eigenvalue weighted by Gasteiger charge is 2.31. The smallest absolute Gasteiger partial charge is 0.231 e. The normalized spacial score (nSPS) is 18.1. The topological polar surface area (TPSA) is 35.4 Å². The highest BCUT2D eigenvalue weighted by molar-refractivity contribution is 5.61. The fourth-order valence-corrected chi connectivity index (χ4v) is 3.03. The summed E-state index contributed by atoms with van der Waals surface area (Å²) in [5.74, 6) is 1.70. The van der Waals surface area contributed by atoms with Crippen LogP contribution in [0.3, 0.4) is 0 Å². The van der Waals surface area contributed by atoms with Crippen LogP contribution < -0.4 is 14.8 Å². The number of nitrogens with zero attached hydrogens (tertiary/aromatic N) is 1. The Bertz CT molecular complexity index is 648. The van der Waals surface area contributed by atoms with Crippen molar-refractivity contribution in [2.24, 2.45) is 0 Å². The van der Waals surface area contributed by atoms with Crippen LogP contribution in [0.4, 0.5) is 0 Å². The summed E-state index contributed by atoms with van der Waals surface area (Å²) in [6, 6.07) is 8.73. The van der Waals surface area contributed by atoms with Crippen LogP contribution in [-0.2, 0) is 0 Å². The second kappa shape index (κ2) is 4.56. The molecule has 0 spiro atoms. The molecule has 2 aliphatic heterocycles. The van der Waals surface area contributed by atoms with Crippen LogP contribution in [0.25, 0.3) is 5.69 Å². The van der Waals surface area contributed by atoms with E-state index in [0.29, 0.717) is 6.79 Å². The van der Waals surface area contributed by atoms with Crippen molar-refractivity contribution in [1.29, 1.82) is 0 Å². The van der Waals surface area contributed by atoms with E-state index in [4.69, 9.17) is 9.47 Å². The van der Waals surface area contributed by atoms with Crippen molar-refractivity contribution in [2.45, 2.75) is 25.8 Å². The zero-order valence-corrected chi connectivity index (χ0v) is 11.6. The fraction of sp³-hybridized carbons (Fsp3) is 0.375. The summed E-state index contributed by atoms with van der Waals surface area (Å²) in [6.45, 7) is 3.57. The van der Waals surface area contributed by atoms with Crippen LogP contribution >= 0.6 is 0 Å². The van der Waals surface area contributed by atoms with Gasteiger partial charge in [0.05, 0.1) is 11.7 Å². The third-order valence-electron chi connectivity index (χ3n) is 4.05. The van der Waals surface area contributed by atoms with Gasteiger partial charge in [0.25, 0.3) is 0 Å². The van der Waals surface area contributed by atoms with Gasteiger partial charge in [-0.25, -0.2) is 0 Å². The Morgan fingerprint density at radius 3 is 3.00 bits per heavy atom. The predicted octanol–water partition coefficient (Wildman–Crippen LogP) is 3.00. The van der Waals surface area contributed by atoms with Crippen molar-refractivity contribution in [1.82, 2.24) is 9.88 Å². The Morgan fingerprint density at radius 2 is 2.15 bits per heavy atom. The first kappa shape index (κ1) is 11.9. The number of nitrogens with one attached hydrogen (secondary N) is 1. The summed E-state index contributed by atoms with van der Waals surface area (Å²) < 4.78 is 13.2. The number of unbranched alkanes of at least 4 members (excludes halogenated alkanes) is 1. The standard InChI is InChI=1S/C16H18N2O2/c1-2-3-6-17-16-11-8-14-15(20-10-19-14)9-13(11)18-7-4-5-12(16)18/h4-5,7-9,16-17H,2-3,6,10H2,1H3. The third kappa shape index (κ3) is 1.64. The van der Waals surface area contributed by atoms with Gasteiger partial charge in [0, 0.05) is 23.5 Å². The maximum absolute atomic E-state index is 5.51. The van der Waals surface area contributed by atoms with Crippen molar-refractivity contribution >= 4 is 0 Å². The van der Waals surface area contributed by atoms with Crippen LogP contribution in [0.5, 0.6) is 11.5 Å². The molecule has 0 amide bonds. The van der Waals surface area contributed by atoms with Crippen molar-refractivity contribution < 1.29 is 9.47 Å². The molecule has 1 aromatic heterocycles. The molecule has 2 aliphatic rings. The maximum Gasteiger partial charge on any atom is 0.231 e. The van der Waals surface area contributed by atoms with Gasteiger partial charge in [0.15, 0.2) is 11.5 Å². The molecule has 104 valence electrons. The van der Waals surface area contributed by atoms with Crippen molar-refractivity contribution in [3.05, 3.63) is 41.7 Å². The molecular formula is C16H18N2O2. The number of benzene rings is 1. The minimum atomic E-state index is 0.251. The van der Waals surface area contributed by atoms with Gasteiger partial charge >= 0.3 is 0 Å². The first-order valence-corrected chi connectivity index (χ1v) is 7.23. The summed E-state index contributed by atoms with van der Waals surface area (Å²) in [7, 11) is 0. The van der Waals surface area contributed by atoms with Gasteiger partial charge in [-0.1, -0.05) is 13.3 Å². The van der Waals surface area contributed by atoms with E-state index in [1.54, 1.807) is 0 Å². The van der Waals surface area contributed by atoms with Crippen molar-refractivity contribution in [2.75, 3.05) is 13.3 Å². The zero-order valence-electron chi connectivity index (χ0n) is 11.6. The molecule has 0 fully saturated rings. The lowest BCUT2D eigenvalue weighted by molar-refractivity contribution is 0.174. The predicted molar refractivity (Wildman–Crippen MR) is 76.6 cm³/mol. The van der Waals surface area contributed by atoms with E-state index in [9.17, 15) is 0 Å². The van der Waals surface area contributed by atoms with E-state index in [0.717, 1.165) is 18.0 Å². The molecule has 0 radical (unpaired) electrons. The van der Waals surface area contributed by atoms with Gasteiger partial charge in [-0.05, 0) is 31.2 Å². The molecule has 2 aromatic rings. The molecule has 20 heavy (non-hydrogen) atoms. The van der Waals surface area contributed by atoms with Gasteiger partial charge in [-0.2, -0.15) is 0 Å². The van der Waals surface area contributed by atoms with Gasteiger partial charge in [-0.15, -0.1) is 0 Å². The molecule has 1 N–H and O–H groups in total. The van der Waals surface area contributed by atoms with Crippen LogP contribution in [0.2, 0.25) is 0 Å². The maximum atomic E-state index is 5.51. The summed E-state index contributed by atoms with van der Waals surface area (Å²) in [5.41, 5.74) is 3.77. The first-order chi connectivity index (χ1) is 9.88. The van der Waals surface area contributed by atoms with Crippen LogP contribution in [0, 0.1) is 0 Å². The lowest BCUT2D eigenvalue weighted by Crippen LogP contribution is -2.21. The molecule has 1 atom stereocenters.